The first-order chi connectivity index (χ1) is 58.1. The number of H-pyrrole nitrogens is 1. The molecule has 1 aromatic heterocycles. The van der Waals surface area contributed by atoms with Crippen LogP contribution in [-0.4, -0.2) is 246 Å². The van der Waals surface area contributed by atoms with Gasteiger partial charge < -0.3 is 99.7 Å². The van der Waals surface area contributed by atoms with Crippen LogP contribution in [0.4, 0.5) is 0 Å². The van der Waals surface area contributed by atoms with Gasteiger partial charge in [0.1, 0.15) is 67.0 Å². The molecule has 2 fully saturated rings. The van der Waals surface area contributed by atoms with Gasteiger partial charge in [-0.15, -0.1) is 10.2 Å². The van der Waals surface area contributed by atoms with E-state index in [1.807, 2.05) is 0 Å². The number of nitrogens with two attached hydrogens (primary N) is 2. The van der Waals surface area contributed by atoms with Gasteiger partial charge in [0, 0.05) is 87.6 Å². The monoisotopic (exact) mass is 1720 g/mol. The Labute approximate surface area is 711 Å². The second-order valence-electron chi connectivity index (χ2n) is 30.4. The summed E-state index contributed by atoms with van der Waals surface area (Å²) in [7, 11) is 2.00. The highest BCUT2D eigenvalue weighted by molar-refractivity contribution is 8.76. The minimum Gasteiger partial charge on any atom is -0.391 e. The third kappa shape index (κ3) is 33.3. The van der Waals surface area contributed by atoms with Gasteiger partial charge in [-0.3, -0.25) is 67.1 Å². The highest BCUT2D eigenvalue weighted by atomic mass is 33.1. The standard InChI is InChI=1S/C81H117N21O17S2/c1-7-49(4)69-79(115)91-58(29-18-20-32-86-67(107)44-119-37-36-118-35-33-85-51(6)104)73(109)88-55(39-52-22-11-8-12-23-52)41-66(106)89-57(28-17-19-31-82)74(110)93-61(72(83)108)45-120-121-46-62(77(113)95-69)94-78(114)63-30-21-34-102(63)81(117)71(68(53-24-13-9-14-25-53)54-26-15-10-16-27-54)97-75(111)59(40-56-43-84-47-87-56)92-80(116)70(50(5)103)96-76(112)60(42-64-98-100-101-99-64)90-65(105)38-48(2)3/h8-16,22-27,43,47-50,55,57-64,68-71,103H,7,17-21,28-42,44-46,82H2,1-6H3,(H2,83,108)(H,84,87)(H,85,104)(H,86,107)(H,88,109)(H,89,106)(H,90,105)(H,91,115)(H,92,116)(H,93,110)(H,94,114)(H,95,113)(H,96,112)(H,97,111)/t49-,50+,55-,57+,58-,59-,60-,61-,62-,63-,69-,70-,71-/m0/s1. The molecule has 4 heterocycles. The van der Waals surface area contributed by atoms with Gasteiger partial charge in [0.05, 0.1) is 32.3 Å². The number of rotatable bonds is 42. The Morgan fingerprint density at radius 2 is 1.29 bits per heavy atom. The van der Waals surface area contributed by atoms with Crippen LogP contribution in [0.15, 0.2) is 124 Å². The van der Waals surface area contributed by atoms with Crippen LogP contribution in [-0.2, 0) is 89.4 Å². The number of carbonyl (C=O) groups excluding carboxylic acids is 14. The van der Waals surface area contributed by atoms with Crippen molar-refractivity contribution in [3.05, 3.63) is 126 Å². The van der Waals surface area contributed by atoms with E-state index in [0.29, 0.717) is 49.0 Å². The molecule has 14 amide bonds. The average Bonchev–Trinajstić information content (AvgIpc) is 1.76. The molecule has 0 unspecified atom stereocenters. The highest BCUT2D eigenvalue weighted by Crippen LogP contribution is 2.33. The minimum absolute atomic E-state index is 0.0248. The van der Waals surface area contributed by atoms with Crippen LogP contribution in [0.5, 0.6) is 0 Å². The van der Waals surface area contributed by atoms with Crippen LogP contribution in [0.25, 0.3) is 0 Å². The Morgan fingerprint density at radius 1 is 0.661 bits per heavy atom. The van der Waals surface area contributed by atoms with Crippen LogP contribution in [0.3, 0.4) is 0 Å². The summed E-state index contributed by atoms with van der Waals surface area (Å²) in [5.41, 5.74) is 13.9. The van der Waals surface area contributed by atoms with Gasteiger partial charge >= 0.3 is 0 Å². The van der Waals surface area contributed by atoms with Crippen LogP contribution < -0.4 is 75.3 Å². The number of ether oxygens (including phenoxy) is 2. The molecule has 4 aromatic rings. The molecule has 660 valence electrons. The van der Waals surface area contributed by atoms with Gasteiger partial charge in [0.25, 0.3) is 0 Å². The first-order valence-electron chi connectivity index (χ1n) is 40.9. The van der Waals surface area contributed by atoms with Crippen molar-refractivity contribution in [1.29, 1.82) is 0 Å². The zero-order chi connectivity index (χ0) is 87.8. The van der Waals surface area contributed by atoms with Crippen molar-refractivity contribution in [3.63, 3.8) is 0 Å². The molecule has 0 saturated carbocycles. The number of hydrogen-bond donors (Lipinski definition) is 16. The van der Waals surface area contributed by atoms with E-state index in [1.54, 1.807) is 119 Å². The number of likely N-dealkylation sites (tertiary alicyclic amines) is 1. The zero-order valence-corrected chi connectivity index (χ0v) is 70.8. The summed E-state index contributed by atoms with van der Waals surface area (Å²) >= 11 is 0. The van der Waals surface area contributed by atoms with Gasteiger partial charge in [-0.1, -0.05) is 147 Å². The summed E-state index contributed by atoms with van der Waals surface area (Å²) in [6.07, 6.45) is 1.41. The molecular formula is C81H117N21O17S2. The first-order valence-corrected chi connectivity index (χ1v) is 43.4. The topological polar surface area (TPSA) is 555 Å². The molecule has 40 heteroatoms. The summed E-state index contributed by atoms with van der Waals surface area (Å²) < 4.78 is 10.9. The van der Waals surface area contributed by atoms with E-state index in [2.05, 4.69) is 94.4 Å². The number of imidazole rings is 1. The van der Waals surface area contributed by atoms with Gasteiger partial charge in [0.15, 0.2) is 6.17 Å². The van der Waals surface area contributed by atoms with Crippen LogP contribution in [0.1, 0.15) is 147 Å². The summed E-state index contributed by atoms with van der Waals surface area (Å²) in [6.45, 7) is 10.6. The van der Waals surface area contributed by atoms with Crippen molar-refractivity contribution in [1.82, 2.24) is 78.7 Å². The van der Waals surface area contributed by atoms with Gasteiger partial charge in [0.2, 0.25) is 82.7 Å². The number of nitrogens with zero attached hydrogens (tertiary/aromatic N) is 6. The molecule has 18 N–H and O–H groups in total. The quantitative estimate of drug-likeness (QED) is 0.0215. The van der Waals surface area contributed by atoms with Crippen molar-refractivity contribution >= 4 is 104 Å². The number of hydrogen-bond acceptors (Lipinski definition) is 25. The SMILES string of the molecule is CC[C@H](C)[C@@H]1NC(=O)[C@@H](NC(=O)[C@@H]2CCCN2C(=O)[C@@H](NC(=O)[C@H](Cc2cnc[nH]2)NC(=O)[C@@H](NC(=O)[C@H](CC2N=NN=N2)NC(=O)CC(C)C)[C@@H](C)O)C(c2ccccc2)c2ccccc2)CSSC[C@@H](C(N)=O)NC(=O)[C@@H](CCCCN)NC(=O)C[C@H](Cc2ccccc2)NC(=O)[C@H](CCCCNC(=O)COCCOCCNC(C)=O)NC1=O. The lowest BCUT2D eigenvalue weighted by molar-refractivity contribution is -0.143. The normalized spacial score (nSPS) is 20.5. The fraction of sp³-hybridized carbons (Fsp3) is 0.568. The molecule has 3 aromatic carbocycles. The van der Waals surface area contributed by atoms with Gasteiger partial charge in [-0.25, -0.2) is 4.98 Å². The molecule has 0 aliphatic carbocycles. The molecule has 0 spiro atoms. The number of aliphatic hydroxyl groups excluding tert-OH is 1. The van der Waals surface area contributed by atoms with Crippen molar-refractivity contribution in [2.45, 2.75) is 216 Å². The summed E-state index contributed by atoms with van der Waals surface area (Å²) in [6, 6.07) is 10.9. The molecule has 7 rings (SSSR count). The maximum Gasteiger partial charge on any atom is 0.246 e. The van der Waals surface area contributed by atoms with E-state index in [-0.39, 0.29) is 134 Å². The lowest BCUT2D eigenvalue weighted by atomic mass is 9.84. The molecule has 0 radical (unpaired) electrons. The second kappa shape index (κ2) is 51.7. The fourth-order valence-corrected chi connectivity index (χ4v) is 16.0. The maximum absolute atomic E-state index is 16.2. The third-order valence-corrected chi connectivity index (χ3v) is 22.7. The average molecular weight is 1720 g/mol. The summed E-state index contributed by atoms with van der Waals surface area (Å²) in [5, 5.41) is 59.2. The fourth-order valence-electron chi connectivity index (χ4n) is 13.7. The van der Waals surface area contributed by atoms with E-state index in [1.165, 1.54) is 31.3 Å². The van der Waals surface area contributed by atoms with Gasteiger partial charge in [-0.05, 0) is 110 Å². The van der Waals surface area contributed by atoms with Crippen molar-refractivity contribution in [2.24, 2.45) is 44.0 Å². The number of unbranched alkanes of at least 4 members (excludes halogenated alkanes) is 2. The Hall–Kier alpha value is -10.8. The predicted octanol–water partition coefficient (Wildman–Crippen LogP) is 0.743. The molecule has 121 heavy (non-hydrogen) atoms. The Morgan fingerprint density at radius 3 is 1.92 bits per heavy atom. The van der Waals surface area contributed by atoms with E-state index in [0.717, 1.165) is 27.2 Å². The van der Waals surface area contributed by atoms with E-state index in [4.69, 9.17) is 20.9 Å². The lowest BCUT2D eigenvalue weighted by Gasteiger charge is -2.35. The molecule has 38 nitrogen and oxygen atoms in total. The minimum atomic E-state index is -1.77. The number of aliphatic hydroxyl groups is 1. The molecule has 0 bridgehead atoms. The van der Waals surface area contributed by atoms with Crippen LogP contribution in [0, 0.1) is 11.8 Å². The Balaban J connectivity index is 1.21. The van der Waals surface area contributed by atoms with E-state index >= 15 is 28.8 Å². The van der Waals surface area contributed by atoms with Crippen LogP contribution >= 0.6 is 21.6 Å². The molecular weight excluding hydrogens is 1600 g/mol. The molecule has 3 aliphatic heterocycles. The number of primary amides is 1. The van der Waals surface area contributed by atoms with E-state index < -0.39 is 167 Å². The van der Waals surface area contributed by atoms with E-state index in [9.17, 15) is 43.5 Å². The van der Waals surface area contributed by atoms with Crippen molar-refractivity contribution in [3.8, 4) is 0 Å². The highest BCUT2D eigenvalue weighted by Gasteiger charge is 2.45. The van der Waals surface area contributed by atoms with Crippen molar-refractivity contribution in [2.75, 3.05) is 64.1 Å². The van der Waals surface area contributed by atoms with Crippen molar-refractivity contribution < 1.29 is 81.7 Å². The Kier molecular flexibility index (Phi) is 41.6. The molecule has 2 saturated heterocycles. The third-order valence-electron chi connectivity index (χ3n) is 20.3. The number of amides is 14. The molecule has 3 aliphatic rings. The maximum atomic E-state index is 16.2. The zero-order valence-electron chi connectivity index (χ0n) is 69.2. The van der Waals surface area contributed by atoms with Gasteiger partial charge in [-0.2, -0.15) is 0 Å². The summed E-state index contributed by atoms with van der Waals surface area (Å²) in [5.74, 6) is -12.6. The number of benzene rings is 3. The second-order valence-corrected chi connectivity index (χ2v) is 33.0. The number of aromatic amines is 1. The number of nitrogens with one attached hydrogen (secondary N) is 13. The molecule has 13 atom stereocenters. The largest absolute Gasteiger partial charge is 0.391 e. The number of aromatic nitrogens is 2. The summed E-state index contributed by atoms with van der Waals surface area (Å²) in [4.78, 5) is 209. The number of carbonyl (C=O) groups is 14. The Bertz CT molecular complexity index is 4050. The lowest BCUT2D eigenvalue weighted by Crippen LogP contribution is -2.62. The predicted molar refractivity (Wildman–Crippen MR) is 449 cm³/mol. The first kappa shape index (κ1) is 97.3. The van der Waals surface area contributed by atoms with Crippen LogP contribution in [0.2, 0.25) is 0 Å². The smallest absolute Gasteiger partial charge is 0.246 e.